The van der Waals surface area contributed by atoms with Crippen LogP contribution in [0.2, 0.25) is 0 Å². The third-order valence-corrected chi connectivity index (χ3v) is 1.73. The highest BCUT2D eigenvalue weighted by Crippen LogP contribution is 2.37. The molecule has 0 aromatic carbocycles. The number of nitrogens with zero attached hydrogens (tertiary/aromatic N) is 2. The van der Waals surface area contributed by atoms with Crippen LogP contribution in [-0.2, 0) is 6.42 Å². The Morgan fingerprint density at radius 2 is 2.40 bits per heavy atom. The van der Waals surface area contributed by atoms with Gasteiger partial charge in [-0.1, -0.05) is 12.1 Å². The molecule has 2 rings (SSSR count). The van der Waals surface area contributed by atoms with Gasteiger partial charge >= 0.3 is 0 Å². The average Bonchev–Trinajstić information content (AvgIpc) is 2.70. The van der Waals surface area contributed by atoms with Gasteiger partial charge in [0.25, 0.3) is 0 Å². The van der Waals surface area contributed by atoms with E-state index in [0.717, 1.165) is 18.1 Å². The van der Waals surface area contributed by atoms with E-state index >= 15 is 0 Å². The van der Waals surface area contributed by atoms with Crippen molar-refractivity contribution in [2.24, 2.45) is 0 Å². The summed E-state index contributed by atoms with van der Waals surface area (Å²) in [6.07, 6.45) is 3.32. The molecular formula is C7H10N2O. The van der Waals surface area contributed by atoms with Gasteiger partial charge in [0.1, 0.15) is 0 Å². The molecule has 1 aromatic rings. The van der Waals surface area contributed by atoms with Gasteiger partial charge < -0.3 is 4.52 Å². The molecule has 10 heavy (non-hydrogen) atoms. The zero-order valence-electron chi connectivity index (χ0n) is 6.00. The highest BCUT2D eigenvalue weighted by atomic mass is 16.5. The second kappa shape index (κ2) is 2.08. The van der Waals surface area contributed by atoms with Gasteiger partial charge in [-0.3, -0.25) is 0 Å². The van der Waals surface area contributed by atoms with Gasteiger partial charge in [-0.2, -0.15) is 4.98 Å². The molecule has 54 valence electrons. The number of rotatable bonds is 2. The second-order valence-corrected chi connectivity index (χ2v) is 2.67. The summed E-state index contributed by atoms with van der Waals surface area (Å²) in [5.41, 5.74) is 0. The zero-order chi connectivity index (χ0) is 6.97. The maximum Gasteiger partial charge on any atom is 0.226 e. The van der Waals surface area contributed by atoms with Crippen LogP contribution < -0.4 is 0 Å². The lowest BCUT2D eigenvalue weighted by molar-refractivity contribution is 0.376. The minimum absolute atomic E-state index is 0.615. The summed E-state index contributed by atoms with van der Waals surface area (Å²) in [5, 5.41) is 3.86. The van der Waals surface area contributed by atoms with Crippen molar-refractivity contribution in [3.8, 4) is 0 Å². The van der Waals surface area contributed by atoms with Crippen LogP contribution in [0.25, 0.3) is 0 Å². The van der Waals surface area contributed by atoms with Crippen molar-refractivity contribution in [1.82, 2.24) is 10.1 Å². The fourth-order valence-corrected chi connectivity index (χ4v) is 0.919. The van der Waals surface area contributed by atoms with Crippen LogP contribution in [0.3, 0.4) is 0 Å². The first-order chi connectivity index (χ1) is 4.90. The summed E-state index contributed by atoms with van der Waals surface area (Å²) >= 11 is 0. The first-order valence-corrected chi connectivity index (χ1v) is 3.72. The van der Waals surface area contributed by atoms with Crippen LogP contribution in [0.15, 0.2) is 4.52 Å². The van der Waals surface area contributed by atoms with Crippen LogP contribution in [-0.4, -0.2) is 10.1 Å². The summed E-state index contributed by atoms with van der Waals surface area (Å²) in [5.74, 6) is 2.29. The third kappa shape index (κ3) is 0.916. The van der Waals surface area contributed by atoms with Crippen LogP contribution in [0.4, 0.5) is 0 Å². The van der Waals surface area contributed by atoms with Crippen LogP contribution in [0.5, 0.6) is 0 Å². The lowest BCUT2D eigenvalue weighted by atomic mass is 10.4. The lowest BCUT2D eigenvalue weighted by Crippen LogP contribution is -1.82. The largest absolute Gasteiger partial charge is 0.339 e. The highest BCUT2D eigenvalue weighted by Gasteiger charge is 2.28. The molecular weight excluding hydrogens is 128 g/mol. The van der Waals surface area contributed by atoms with E-state index in [1.165, 1.54) is 12.8 Å². The summed E-state index contributed by atoms with van der Waals surface area (Å²) in [6, 6.07) is 0. The number of hydrogen-bond donors (Lipinski definition) is 0. The molecule has 1 saturated carbocycles. The van der Waals surface area contributed by atoms with Crippen molar-refractivity contribution in [2.45, 2.75) is 32.1 Å². The molecule has 1 heterocycles. The molecule has 0 saturated heterocycles. The molecule has 1 aliphatic carbocycles. The van der Waals surface area contributed by atoms with Gasteiger partial charge in [-0.15, -0.1) is 0 Å². The van der Waals surface area contributed by atoms with Gasteiger partial charge in [-0.25, -0.2) is 0 Å². The molecule has 1 aliphatic rings. The summed E-state index contributed by atoms with van der Waals surface area (Å²) < 4.78 is 4.95. The molecule has 0 radical (unpaired) electrons. The van der Waals surface area contributed by atoms with Crippen molar-refractivity contribution >= 4 is 0 Å². The molecule has 0 atom stereocenters. The van der Waals surface area contributed by atoms with Gasteiger partial charge in [-0.05, 0) is 12.8 Å². The SMILES string of the molecule is CCc1nc(C2CC2)no1. The van der Waals surface area contributed by atoms with E-state index in [4.69, 9.17) is 4.52 Å². The van der Waals surface area contributed by atoms with E-state index in [2.05, 4.69) is 10.1 Å². The van der Waals surface area contributed by atoms with Crippen molar-refractivity contribution in [2.75, 3.05) is 0 Å². The number of hydrogen-bond acceptors (Lipinski definition) is 3. The van der Waals surface area contributed by atoms with Gasteiger partial charge in [0.2, 0.25) is 5.89 Å². The van der Waals surface area contributed by atoms with E-state index in [9.17, 15) is 0 Å². The fraction of sp³-hybridized carbons (Fsp3) is 0.714. The molecule has 1 aromatic heterocycles. The Labute approximate surface area is 59.4 Å². The van der Waals surface area contributed by atoms with E-state index < -0.39 is 0 Å². The fourth-order valence-electron chi connectivity index (χ4n) is 0.919. The summed E-state index contributed by atoms with van der Waals surface area (Å²) in [4.78, 5) is 4.21. The van der Waals surface area contributed by atoms with Crippen molar-refractivity contribution in [1.29, 1.82) is 0 Å². The van der Waals surface area contributed by atoms with E-state index in [0.29, 0.717) is 5.92 Å². The van der Waals surface area contributed by atoms with Crippen molar-refractivity contribution < 1.29 is 4.52 Å². The van der Waals surface area contributed by atoms with Crippen molar-refractivity contribution in [3.05, 3.63) is 11.7 Å². The number of aryl methyl sites for hydroxylation is 1. The first-order valence-electron chi connectivity index (χ1n) is 3.72. The molecule has 3 heteroatoms. The third-order valence-electron chi connectivity index (χ3n) is 1.73. The lowest BCUT2D eigenvalue weighted by Gasteiger charge is -1.79. The topological polar surface area (TPSA) is 38.9 Å². The van der Waals surface area contributed by atoms with Gasteiger partial charge in [0.15, 0.2) is 5.82 Å². The Balaban J connectivity index is 2.19. The monoisotopic (exact) mass is 138 g/mol. The van der Waals surface area contributed by atoms with E-state index in [1.807, 2.05) is 6.92 Å². The maximum absolute atomic E-state index is 4.95. The number of aromatic nitrogens is 2. The van der Waals surface area contributed by atoms with E-state index in [-0.39, 0.29) is 0 Å². The Morgan fingerprint density at radius 1 is 1.60 bits per heavy atom. The van der Waals surface area contributed by atoms with Crippen LogP contribution in [0, 0.1) is 0 Å². The zero-order valence-corrected chi connectivity index (χ0v) is 6.00. The molecule has 0 aliphatic heterocycles. The maximum atomic E-state index is 4.95. The summed E-state index contributed by atoms with van der Waals surface area (Å²) in [6.45, 7) is 2.02. The first kappa shape index (κ1) is 5.89. The predicted octanol–water partition coefficient (Wildman–Crippen LogP) is 1.51. The quantitative estimate of drug-likeness (QED) is 0.621. The molecule has 1 fully saturated rings. The predicted molar refractivity (Wildman–Crippen MR) is 35.7 cm³/mol. The molecule has 0 amide bonds. The standard InChI is InChI=1S/C7H10N2O/c1-2-6-8-7(9-10-6)5-3-4-5/h5H,2-4H2,1H3. The highest BCUT2D eigenvalue weighted by molar-refractivity contribution is 5.03. The molecule has 3 nitrogen and oxygen atoms in total. The Bertz CT molecular complexity index is 227. The van der Waals surface area contributed by atoms with E-state index in [1.54, 1.807) is 0 Å². The van der Waals surface area contributed by atoms with Crippen LogP contribution >= 0.6 is 0 Å². The van der Waals surface area contributed by atoms with Gasteiger partial charge in [0.05, 0.1) is 0 Å². The minimum atomic E-state index is 0.615. The van der Waals surface area contributed by atoms with Crippen LogP contribution in [0.1, 0.15) is 37.4 Å². The van der Waals surface area contributed by atoms with Crippen molar-refractivity contribution in [3.63, 3.8) is 0 Å². The molecule has 0 spiro atoms. The smallest absolute Gasteiger partial charge is 0.226 e. The average molecular weight is 138 g/mol. The Kier molecular flexibility index (Phi) is 1.22. The second-order valence-electron chi connectivity index (χ2n) is 2.67. The Hall–Kier alpha value is -0.860. The minimum Gasteiger partial charge on any atom is -0.339 e. The summed E-state index contributed by atoms with van der Waals surface area (Å²) in [7, 11) is 0. The Morgan fingerprint density at radius 3 is 2.90 bits per heavy atom. The molecule has 0 bridgehead atoms. The normalized spacial score (nSPS) is 17.7. The van der Waals surface area contributed by atoms with Gasteiger partial charge in [0, 0.05) is 12.3 Å². The molecule has 0 N–H and O–H groups in total. The molecule has 0 unspecified atom stereocenters.